The summed E-state index contributed by atoms with van der Waals surface area (Å²) in [5.41, 5.74) is 5.14. The van der Waals surface area contributed by atoms with Crippen LogP contribution in [0.5, 0.6) is 5.75 Å². The molecular formula is C19H19N5O6S. The summed E-state index contributed by atoms with van der Waals surface area (Å²) in [4.78, 5) is 45.4. The van der Waals surface area contributed by atoms with E-state index >= 15 is 0 Å². The van der Waals surface area contributed by atoms with Crippen molar-refractivity contribution < 1.29 is 24.0 Å². The highest BCUT2D eigenvalue weighted by Gasteiger charge is 2.10. The average Bonchev–Trinajstić information content (AvgIpc) is 2.76. The van der Waals surface area contributed by atoms with E-state index in [4.69, 9.17) is 17.0 Å². The Labute approximate surface area is 182 Å². The topological polar surface area (TPSA) is 152 Å². The number of carbonyl (C=O) groups is 3. The highest BCUT2D eigenvalue weighted by Crippen LogP contribution is 2.17. The summed E-state index contributed by atoms with van der Waals surface area (Å²) in [6, 6.07) is 14.0. The highest BCUT2D eigenvalue weighted by atomic mass is 32.1. The number of nitrogens with one attached hydrogen (secondary N) is 4. The summed E-state index contributed by atoms with van der Waals surface area (Å²) in [7, 11) is 0. The second kappa shape index (κ2) is 11.8. The van der Waals surface area contributed by atoms with Crippen molar-refractivity contribution in [2.24, 2.45) is 0 Å². The molecule has 31 heavy (non-hydrogen) atoms. The molecular weight excluding hydrogens is 426 g/mol. The van der Waals surface area contributed by atoms with E-state index in [-0.39, 0.29) is 35.3 Å². The number of carbonyl (C=O) groups excluding carboxylic acids is 3. The first-order valence-corrected chi connectivity index (χ1v) is 9.35. The quantitative estimate of drug-likeness (QED) is 0.270. The van der Waals surface area contributed by atoms with E-state index in [1.165, 1.54) is 24.3 Å². The zero-order valence-corrected chi connectivity index (χ0v) is 16.9. The molecule has 0 spiro atoms. The molecule has 0 saturated carbocycles. The Morgan fingerprint density at radius 3 is 2.19 bits per heavy atom. The number of nitro benzene ring substituents is 1. The number of hydrogen-bond donors (Lipinski definition) is 4. The number of nitrogens with zero attached hydrogens (tertiary/aromatic N) is 1. The molecule has 162 valence electrons. The van der Waals surface area contributed by atoms with Crippen LogP contribution in [-0.2, 0) is 14.4 Å². The summed E-state index contributed by atoms with van der Waals surface area (Å²) >= 11 is 4.88. The predicted octanol–water partition coefficient (Wildman–Crippen LogP) is 1.41. The molecule has 0 saturated heterocycles. The van der Waals surface area contributed by atoms with Crippen molar-refractivity contribution in [3.63, 3.8) is 0 Å². The molecule has 0 radical (unpaired) electrons. The number of benzene rings is 2. The fraction of sp³-hybridized carbons (Fsp3) is 0.158. The van der Waals surface area contributed by atoms with Gasteiger partial charge in [0.15, 0.2) is 11.7 Å². The number of amides is 3. The Morgan fingerprint density at radius 2 is 1.55 bits per heavy atom. The molecule has 12 heteroatoms. The summed E-state index contributed by atoms with van der Waals surface area (Å²) in [6.07, 6.45) is -0.129. The molecule has 0 atom stereocenters. The van der Waals surface area contributed by atoms with E-state index < -0.39 is 23.3 Å². The number of anilines is 1. The van der Waals surface area contributed by atoms with Gasteiger partial charge in [0.2, 0.25) is 11.8 Å². The standard InChI is InChI=1S/C19H19N5O6S/c25-16(20-13-4-2-1-3-5-13)10-11-17(26)22-23-19(31)21-18(27)12-30-15-8-6-14(7-9-15)24(28)29/h1-9H,10-12H2,(H,20,25)(H,22,26)(H2,21,23,27,31). The first kappa shape index (κ1) is 23.2. The fourth-order valence-electron chi connectivity index (χ4n) is 2.17. The molecule has 0 heterocycles. The zero-order valence-electron chi connectivity index (χ0n) is 16.1. The lowest BCUT2D eigenvalue weighted by Crippen LogP contribution is -2.49. The van der Waals surface area contributed by atoms with Crippen molar-refractivity contribution in [3.05, 3.63) is 64.7 Å². The molecule has 0 unspecified atom stereocenters. The second-order valence-electron chi connectivity index (χ2n) is 6.00. The molecule has 0 aliphatic heterocycles. The smallest absolute Gasteiger partial charge is 0.269 e. The second-order valence-corrected chi connectivity index (χ2v) is 6.41. The molecule has 0 bridgehead atoms. The van der Waals surface area contributed by atoms with Gasteiger partial charge >= 0.3 is 0 Å². The van der Waals surface area contributed by atoms with E-state index in [9.17, 15) is 24.5 Å². The van der Waals surface area contributed by atoms with Gasteiger partial charge in [-0.15, -0.1) is 0 Å². The van der Waals surface area contributed by atoms with Crippen molar-refractivity contribution in [1.29, 1.82) is 0 Å². The summed E-state index contributed by atoms with van der Waals surface area (Å²) < 4.78 is 5.19. The number of hydrazine groups is 1. The maximum atomic E-state index is 11.8. The molecule has 0 aromatic heterocycles. The Kier molecular flexibility index (Phi) is 8.86. The van der Waals surface area contributed by atoms with Crippen molar-refractivity contribution >= 4 is 46.4 Å². The molecule has 4 N–H and O–H groups in total. The van der Waals surface area contributed by atoms with Crippen LogP contribution in [0.2, 0.25) is 0 Å². The van der Waals surface area contributed by atoms with Crippen molar-refractivity contribution in [3.8, 4) is 5.75 Å². The number of para-hydroxylation sites is 1. The molecule has 0 aliphatic rings. The largest absolute Gasteiger partial charge is 0.484 e. The van der Waals surface area contributed by atoms with Gasteiger partial charge in [-0.2, -0.15) is 0 Å². The van der Waals surface area contributed by atoms with E-state index in [1.807, 2.05) is 6.07 Å². The van der Waals surface area contributed by atoms with Gasteiger partial charge < -0.3 is 10.1 Å². The normalized spacial score (nSPS) is 9.81. The van der Waals surface area contributed by atoms with Gasteiger partial charge in [-0.25, -0.2) is 0 Å². The number of non-ortho nitro benzene ring substituents is 1. The zero-order chi connectivity index (χ0) is 22.6. The van der Waals surface area contributed by atoms with Crippen molar-refractivity contribution in [2.45, 2.75) is 12.8 Å². The van der Waals surface area contributed by atoms with Crippen LogP contribution in [0.15, 0.2) is 54.6 Å². The third-order valence-electron chi connectivity index (χ3n) is 3.62. The highest BCUT2D eigenvalue weighted by molar-refractivity contribution is 7.80. The molecule has 0 fully saturated rings. The van der Waals surface area contributed by atoms with Gasteiger partial charge in [0.25, 0.3) is 11.6 Å². The van der Waals surface area contributed by atoms with Crippen LogP contribution in [0.1, 0.15) is 12.8 Å². The minimum Gasteiger partial charge on any atom is -0.484 e. The molecule has 3 amide bonds. The summed E-state index contributed by atoms with van der Waals surface area (Å²) in [6.45, 7) is -0.396. The van der Waals surface area contributed by atoms with Crippen LogP contribution in [0.25, 0.3) is 0 Å². The first-order valence-electron chi connectivity index (χ1n) is 8.94. The van der Waals surface area contributed by atoms with Gasteiger partial charge in [0, 0.05) is 30.7 Å². The van der Waals surface area contributed by atoms with Crippen LogP contribution in [-0.4, -0.2) is 34.4 Å². The van der Waals surface area contributed by atoms with Crippen LogP contribution >= 0.6 is 12.2 Å². The van der Waals surface area contributed by atoms with Crippen LogP contribution in [0, 0.1) is 10.1 Å². The molecule has 2 rings (SSSR count). The Balaban J connectivity index is 1.61. The number of ether oxygens (including phenoxy) is 1. The molecule has 2 aromatic rings. The third kappa shape index (κ3) is 8.87. The number of nitro groups is 1. The average molecular weight is 445 g/mol. The summed E-state index contributed by atoms with van der Waals surface area (Å²) in [5, 5.41) is 15.4. The minimum absolute atomic E-state index is 0.0371. The van der Waals surface area contributed by atoms with Crippen LogP contribution in [0.3, 0.4) is 0 Å². The van der Waals surface area contributed by atoms with E-state index in [0.29, 0.717) is 5.69 Å². The lowest BCUT2D eigenvalue weighted by atomic mass is 10.2. The van der Waals surface area contributed by atoms with Gasteiger partial charge in [-0.05, 0) is 36.5 Å². The lowest BCUT2D eigenvalue weighted by Gasteiger charge is -2.11. The molecule has 11 nitrogen and oxygen atoms in total. The Bertz CT molecular complexity index is 952. The third-order valence-corrected chi connectivity index (χ3v) is 3.83. The summed E-state index contributed by atoms with van der Waals surface area (Å²) in [5.74, 6) is -1.16. The van der Waals surface area contributed by atoms with Gasteiger partial charge in [-0.1, -0.05) is 18.2 Å². The number of hydrogen-bond acceptors (Lipinski definition) is 7. The minimum atomic E-state index is -0.604. The van der Waals surface area contributed by atoms with Gasteiger partial charge in [0.05, 0.1) is 4.92 Å². The molecule has 0 aliphatic carbocycles. The van der Waals surface area contributed by atoms with Crippen LogP contribution in [0.4, 0.5) is 11.4 Å². The monoisotopic (exact) mass is 445 g/mol. The van der Waals surface area contributed by atoms with Gasteiger partial charge in [0.1, 0.15) is 5.75 Å². The Morgan fingerprint density at radius 1 is 0.903 bits per heavy atom. The first-order chi connectivity index (χ1) is 14.8. The van der Waals surface area contributed by atoms with Crippen molar-refractivity contribution in [1.82, 2.24) is 16.2 Å². The predicted molar refractivity (Wildman–Crippen MR) is 115 cm³/mol. The number of thiocarbonyl (C=S) groups is 1. The van der Waals surface area contributed by atoms with Crippen LogP contribution < -0.4 is 26.2 Å². The SMILES string of the molecule is O=C(CCC(=O)Nc1ccccc1)NNC(=S)NC(=O)COc1ccc([N+](=O)[O-])cc1. The van der Waals surface area contributed by atoms with E-state index in [1.54, 1.807) is 24.3 Å². The van der Waals surface area contributed by atoms with E-state index in [2.05, 4.69) is 21.5 Å². The van der Waals surface area contributed by atoms with Gasteiger partial charge in [-0.3, -0.25) is 40.7 Å². The van der Waals surface area contributed by atoms with E-state index in [0.717, 1.165) is 0 Å². The molecule has 2 aromatic carbocycles. The van der Waals surface area contributed by atoms with Crippen molar-refractivity contribution in [2.75, 3.05) is 11.9 Å². The Hall–Kier alpha value is -4.06. The maximum absolute atomic E-state index is 11.8. The lowest BCUT2D eigenvalue weighted by molar-refractivity contribution is -0.384. The number of rotatable bonds is 8. The maximum Gasteiger partial charge on any atom is 0.269 e. The fourth-order valence-corrected chi connectivity index (χ4v) is 2.33.